The SMILES string of the molecule is CC/C=C\C/C=C\C/C=C\C/C=C\C/C=C\C/C=C\C/C=C\C/C=C\CCCCCCCCCCCCCCC(=O)OC(CO)COC(=O)CCC/C=C\C/C=C\C/C=C\C/C=C\C/C=C\C/C=C\C/C=C\CC. The standard InChI is InChI=1S/C69H106O5/c1-3-5-7-9-11-13-15-17-19-21-23-25-27-28-29-30-31-32-33-34-35-36-37-38-39-40-42-44-46-48-50-52-54-56-58-60-62-64-69(72)74-67(65-70)66-73-68(71)63-61-59-57-55-53-51-49-47-45-43-41-26-24-22-20-18-16-14-12-10-8-6-4-2/h5-8,11-14,17-20,23-26,28-29,31-32,34-35,37-38,43,45,49,51,55,57,67,70H,3-4,9-10,15-16,21-22,27,30,33,36,39-42,44,46-48,50,52-54,56,58-66H2,1-2H3/b7-5-,8-6-,13-11-,14-12-,19-17-,20-18-,25-23-,26-24-,29-28-,32-31-,35-34-,38-37-,45-43-,51-49-,57-55-. The summed E-state index contributed by atoms with van der Waals surface area (Å²) in [5.74, 6) is -0.675. The van der Waals surface area contributed by atoms with E-state index in [2.05, 4.69) is 196 Å². The third-order valence-corrected chi connectivity index (χ3v) is 11.7. The van der Waals surface area contributed by atoms with Gasteiger partial charge in [0.2, 0.25) is 0 Å². The van der Waals surface area contributed by atoms with Gasteiger partial charge in [0, 0.05) is 12.8 Å². The molecule has 74 heavy (non-hydrogen) atoms. The maximum atomic E-state index is 12.3. The first-order valence-electron chi connectivity index (χ1n) is 29.3. The second kappa shape index (κ2) is 62.3. The average Bonchev–Trinajstić information content (AvgIpc) is 3.40. The number of ether oxygens (including phenoxy) is 2. The second-order valence-electron chi connectivity index (χ2n) is 18.6. The van der Waals surface area contributed by atoms with Gasteiger partial charge in [0.25, 0.3) is 0 Å². The number of allylic oxidation sites excluding steroid dienone is 30. The minimum Gasteiger partial charge on any atom is -0.462 e. The van der Waals surface area contributed by atoms with Crippen molar-refractivity contribution in [3.05, 3.63) is 182 Å². The molecule has 0 aromatic heterocycles. The molecule has 0 radical (unpaired) electrons. The summed E-state index contributed by atoms with van der Waals surface area (Å²) >= 11 is 0. The van der Waals surface area contributed by atoms with Crippen molar-refractivity contribution in [1.29, 1.82) is 0 Å². The van der Waals surface area contributed by atoms with E-state index in [1.165, 1.54) is 64.2 Å². The lowest BCUT2D eigenvalue weighted by atomic mass is 10.0. The highest BCUT2D eigenvalue weighted by Crippen LogP contribution is 2.14. The van der Waals surface area contributed by atoms with Gasteiger partial charge in [-0.25, -0.2) is 0 Å². The normalized spacial score (nSPS) is 13.6. The van der Waals surface area contributed by atoms with Gasteiger partial charge in [0.1, 0.15) is 6.61 Å². The van der Waals surface area contributed by atoms with E-state index in [1.54, 1.807) is 0 Å². The first-order chi connectivity index (χ1) is 36.6. The predicted molar refractivity (Wildman–Crippen MR) is 324 cm³/mol. The highest BCUT2D eigenvalue weighted by molar-refractivity contribution is 5.70. The van der Waals surface area contributed by atoms with Crippen LogP contribution in [0.25, 0.3) is 0 Å². The first-order valence-corrected chi connectivity index (χ1v) is 29.3. The maximum Gasteiger partial charge on any atom is 0.306 e. The third kappa shape index (κ3) is 59.6. The number of aliphatic hydroxyl groups is 1. The van der Waals surface area contributed by atoms with E-state index < -0.39 is 6.10 Å². The van der Waals surface area contributed by atoms with Crippen molar-refractivity contribution in [3.63, 3.8) is 0 Å². The first kappa shape index (κ1) is 69.0. The lowest BCUT2D eigenvalue weighted by Gasteiger charge is -2.15. The number of hydrogen-bond acceptors (Lipinski definition) is 5. The summed E-state index contributed by atoms with van der Waals surface area (Å²) in [7, 11) is 0. The molecule has 0 aliphatic carbocycles. The number of carbonyl (C=O) groups excluding carboxylic acids is 2. The molecule has 0 heterocycles. The van der Waals surface area contributed by atoms with Crippen LogP contribution in [0.3, 0.4) is 0 Å². The molecule has 0 spiro atoms. The van der Waals surface area contributed by atoms with Gasteiger partial charge in [0.15, 0.2) is 6.10 Å². The number of esters is 2. The molecule has 1 N–H and O–H groups in total. The fraction of sp³-hybridized carbons (Fsp3) is 0.536. The summed E-state index contributed by atoms with van der Waals surface area (Å²) in [5.41, 5.74) is 0. The molecule has 5 heteroatoms. The van der Waals surface area contributed by atoms with Gasteiger partial charge in [-0.15, -0.1) is 0 Å². The molecule has 0 aromatic carbocycles. The quantitative estimate of drug-likeness (QED) is 0.0373. The number of hydrogen-bond donors (Lipinski definition) is 1. The van der Waals surface area contributed by atoms with E-state index >= 15 is 0 Å². The number of carbonyl (C=O) groups is 2. The molecule has 0 bridgehead atoms. The number of unbranched alkanes of at least 4 members (excludes halogenated alkanes) is 13. The van der Waals surface area contributed by atoms with Crippen LogP contribution < -0.4 is 0 Å². The van der Waals surface area contributed by atoms with Crippen molar-refractivity contribution in [2.24, 2.45) is 0 Å². The van der Waals surface area contributed by atoms with Crippen LogP contribution in [0.15, 0.2) is 182 Å². The molecule has 0 saturated heterocycles. The Morgan fingerprint density at radius 2 is 0.554 bits per heavy atom. The molecule has 412 valence electrons. The summed E-state index contributed by atoms with van der Waals surface area (Å²) in [6, 6.07) is 0. The lowest BCUT2D eigenvalue weighted by Crippen LogP contribution is -2.28. The van der Waals surface area contributed by atoms with Crippen LogP contribution in [0, 0.1) is 0 Å². The Labute approximate surface area is 455 Å². The molecular formula is C69H106O5. The summed E-state index contributed by atoms with van der Waals surface area (Å²) in [5, 5.41) is 9.65. The van der Waals surface area contributed by atoms with Crippen molar-refractivity contribution >= 4 is 11.9 Å². The Morgan fingerprint density at radius 1 is 0.311 bits per heavy atom. The topological polar surface area (TPSA) is 72.8 Å². The van der Waals surface area contributed by atoms with E-state index in [4.69, 9.17) is 9.47 Å². The van der Waals surface area contributed by atoms with E-state index in [-0.39, 0.29) is 25.2 Å². The summed E-state index contributed by atoms with van der Waals surface area (Å²) in [4.78, 5) is 24.5. The lowest BCUT2D eigenvalue weighted by molar-refractivity contribution is -0.161. The van der Waals surface area contributed by atoms with Gasteiger partial charge < -0.3 is 14.6 Å². The Morgan fingerprint density at radius 3 is 0.851 bits per heavy atom. The molecule has 0 fully saturated rings. The van der Waals surface area contributed by atoms with Crippen molar-refractivity contribution in [2.45, 2.75) is 225 Å². The van der Waals surface area contributed by atoms with E-state index in [0.717, 1.165) is 122 Å². The Bertz CT molecular complexity index is 1720. The van der Waals surface area contributed by atoms with Crippen LogP contribution in [-0.4, -0.2) is 36.4 Å². The molecule has 0 rings (SSSR count). The summed E-state index contributed by atoms with van der Waals surface area (Å²) < 4.78 is 10.7. The Kier molecular flexibility index (Phi) is 58.1. The van der Waals surface area contributed by atoms with Crippen LogP contribution in [0.2, 0.25) is 0 Å². The van der Waals surface area contributed by atoms with Gasteiger partial charge in [-0.2, -0.15) is 0 Å². The van der Waals surface area contributed by atoms with Crippen LogP contribution in [0.5, 0.6) is 0 Å². The van der Waals surface area contributed by atoms with E-state index in [9.17, 15) is 14.7 Å². The fourth-order valence-electron chi connectivity index (χ4n) is 7.38. The zero-order valence-electron chi connectivity index (χ0n) is 47.0. The van der Waals surface area contributed by atoms with E-state index in [0.29, 0.717) is 19.3 Å². The molecule has 0 saturated carbocycles. The molecular weight excluding hydrogens is 909 g/mol. The molecule has 5 nitrogen and oxygen atoms in total. The van der Waals surface area contributed by atoms with Crippen molar-refractivity contribution < 1.29 is 24.2 Å². The molecule has 0 aliphatic rings. The minimum absolute atomic E-state index is 0.108. The minimum atomic E-state index is -0.812. The zero-order valence-corrected chi connectivity index (χ0v) is 47.0. The van der Waals surface area contributed by atoms with Crippen LogP contribution in [-0.2, 0) is 19.1 Å². The fourth-order valence-corrected chi connectivity index (χ4v) is 7.38. The zero-order chi connectivity index (χ0) is 53.4. The second-order valence-corrected chi connectivity index (χ2v) is 18.6. The van der Waals surface area contributed by atoms with E-state index in [1.807, 2.05) is 0 Å². The van der Waals surface area contributed by atoms with Crippen LogP contribution >= 0.6 is 0 Å². The Hall–Kier alpha value is -5.00. The largest absolute Gasteiger partial charge is 0.462 e. The summed E-state index contributed by atoms with van der Waals surface area (Å²) in [6.07, 6.45) is 98.7. The molecule has 0 aromatic rings. The number of aliphatic hydroxyl groups excluding tert-OH is 1. The van der Waals surface area contributed by atoms with Gasteiger partial charge in [-0.1, -0.05) is 260 Å². The highest BCUT2D eigenvalue weighted by atomic mass is 16.6. The van der Waals surface area contributed by atoms with Crippen molar-refractivity contribution in [3.8, 4) is 0 Å². The highest BCUT2D eigenvalue weighted by Gasteiger charge is 2.16. The molecule has 0 amide bonds. The predicted octanol–water partition coefficient (Wildman–Crippen LogP) is 20.3. The third-order valence-electron chi connectivity index (χ3n) is 11.7. The summed E-state index contributed by atoms with van der Waals surface area (Å²) in [6.45, 7) is 3.85. The molecule has 0 aliphatic heterocycles. The molecule has 1 unspecified atom stereocenters. The smallest absolute Gasteiger partial charge is 0.306 e. The van der Waals surface area contributed by atoms with Gasteiger partial charge >= 0.3 is 11.9 Å². The van der Waals surface area contributed by atoms with Crippen LogP contribution in [0.1, 0.15) is 219 Å². The number of rotatable bonds is 51. The van der Waals surface area contributed by atoms with Crippen LogP contribution in [0.4, 0.5) is 0 Å². The van der Waals surface area contributed by atoms with Crippen molar-refractivity contribution in [2.75, 3.05) is 13.2 Å². The maximum absolute atomic E-state index is 12.3. The molecule has 1 atom stereocenters. The van der Waals surface area contributed by atoms with Gasteiger partial charge in [-0.3, -0.25) is 9.59 Å². The van der Waals surface area contributed by atoms with Gasteiger partial charge in [0.05, 0.1) is 6.61 Å². The van der Waals surface area contributed by atoms with Gasteiger partial charge in [-0.05, 0) is 128 Å². The van der Waals surface area contributed by atoms with Crippen molar-refractivity contribution in [1.82, 2.24) is 0 Å². The average molecular weight is 1020 g/mol. The Balaban J connectivity index is 3.64. The monoisotopic (exact) mass is 1010 g/mol.